The molecule has 0 radical (unpaired) electrons. The number of hydrogen-bond donors (Lipinski definition) is 1. The molecule has 0 aliphatic rings. The van der Waals surface area contributed by atoms with Crippen LogP contribution >= 0.6 is 0 Å². The maximum atomic E-state index is 11.2. The molecule has 1 atom stereocenters. The Bertz CT molecular complexity index is 244. The summed E-state index contributed by atoms with van der Waals surface area (Å²) >= 11 is 0. The smallest absolute Gasteiger partial charge is 0.305 e. The van der Waals surface area contributed by atoms with Crippen LogP contribution in [0.15, 0.2) is 0 Å². The molecule has 0 aliphatic carbocycles. The van der Waals surface area contributed by atoms with E-state index >= 15 is 0 Å². The van der Waals surface area contributed by atoms with E-state index in [4.69, 9.17) is 4.74 Å². The lowest BCUT2D eigenvalue weighted by Crippen LogP contribution is -2.40. The Labute approximate surface area is 107 Å². The molecule has 0 heterocycles. The Balaban J connectivity index is 4.10. The van der Waals surface area contributed by atoms with Crippen LogP contribution in [0.5, 0.6) is 0 Å². The van der Waals surface area contributed by atoms with E-state index in [9.17, 15) is 9.90 Å². The van der Waals surface area contributed by atoms with Crippen molar-refractivity contribution in [2.45, 2.75) is 70.8 Å². The van der Waals surface area contributed by atoms with E-state index in [-0.39, 0.29) is 17.1 Å². The summed E-state index contributed by atoms with van der Waals surface area (Å²) in [6, 6.07) is 0.843. The van der Waals surface area contributed by atoms with Gasteiger partial charge < -0.3 is 9.84 Å². The van der Waals surface area contributed by atoms with Crippen molar-refractivity contribution in [2.24, 2.45) is 0 Å². The van der Waals surface area contributed by atoms with Gasteiger partial charge in [-0.15, -0.1) is 0 Å². The lowest BCUT2D eigenvalue weighted by atomic mass is 10.2. The van der Waals surface area contributed by atoms with E-state index in [1.165, 1.54) is 0 Å². The first-order chi connectivity index (χ1) is 7.60. The Morgan fingerprint density at radius 1 is 1.35 bits per heavy atom. The molecular weight excluding hydrogens is 232 g/mol. The maximum absolute atomic E-state index is 11.2. The molecule has 0 aromatic carbocycles. The molecule has 0 aromatic heterocycles. The van der Waals surface area contributed by atoms with Gasteiger partial charge in [0.1, 0.15) is 0 Å². The summed E-state index contributed by atoms with van der Waals surface area (Å²) in [5, 5.41) is 10.3. The molecule has 102 valence electrons. The van der Waals surface area contributed by atoms with Gasteiger partial charge in [0.25, 0.3) is 0 Å². The molecule has 1 unspecified atom stereocenters. The minimum Gasteiger partial charge on any atom is -0.466 e. The minimum atomic E-state index is -1.46. The summed E-state index contributed by atoms with van der Waals surface area (Å²) in [7, 11) is -1.46. The molecule has 0 amide bonds. The number of hydrogen-bond acceptors (Lipinski definition) is 3. The van der Waals surface area contributed by atoms with Gasteiger partial charge in [-0.25, -0.2) is 0 Å². The third-order valence-corrected chi connectivity index (χ3v) is 9.32. The lowest BCUT2D eigenvalue weighted by Gasteiger charge is -2.38. The van der Waals surface area contributed by atoms with E-state index in [2.05, 4.69) is 33.9 Å². The summed E-state index contributed by atoms with van der Waals surface area (Å²) < 4.78 is 4.85. The molecule has 0 spiro atoms. The van der Waals surface area contributed by atoms with Gasteiger partial charge >= 0.3 is 5.97 Å². The van der Waals surface area contributed by atoms with Gasteiger partial charge in [0.2, 0.25) is 0 Å². The summed E-state index contributed by atoms with van der Waals surface area (Å²) in [4.78, 5) is 11.2. The molecule has 0 aromatic rings. The van der Waals surface area contributed by atoms with Crippen LogP contribution in [0, 0.1) is 0 Å². The zero-order valence-corrected chi connectivity index (χ0v) is 13.2. The molecule has 0 saturated carbocycles. The van der Waals surface area contributed by atoms with Crippen LogP contribution in [-0.2, 0) is 9.53 Å². The fourth-order valence-electron chi connectivity index (χ4n) is 1.51. The lowest BCUT2D eigenvalue weighted by molar-refractivity contribution is -0.143. The Morgan fingerprint density at radius 3 is 2.29 bits per heavy atom. The number of aliphatic hydroxyl groups excluding tert-OH is 1. The Hall–Kier alpha value is -0.353. The zero-order chi connectivity index (χ0) is 13.7. The topological polar surface area (TPSA) is 46.5 Å². The highest BCUT2D eigenvalue weighted by atomic mass is 28.3. The molecule has 0 rings (SSSR count). The Kier molecular flexibility index (Phi) is 6.41. The van der Waals surface area contributed by atoms with Gasteiger partial charge in [-0.2, -0.15) is 0 Å². The van der Waals surface area contributed by atoms with E-state index in [0.717, 1.165) is 6.04 Å². The molecule has 17 heavy (non-hydrogen) atoms. The van der Waals surface area contributed by atoms with Gasteiger partial charge in [0.15, 0.2) is 0 Å². The van der Waals surface area contributed by atoms with Crippen molar-refractivity contribution in [3.8, 4) is 0 Å². The van der Waals surface area contributed by atoms with Gasteiger partial charge in [-0.1, -0.05) is 33.9 Å². The molecule has 4 heteroatoms. The van der Waals surface area contributed by atoms with Crippen molar-refractivity contribution in [2.75, 3.05) is 6.61 Å². The minimum absolute atomic E-state index is 0.207. The molecule has 0 saturated heterocycles. The number of carbonyl (C=O) groups excluding carboxylic acids is 1. The quantitative estimate of drug-likeness (QED) is 0.589. The fourth-order valence-corrected chi connectivity index (χ4v) is 3.51. The molecule has 0 bridgehead atoms. The van der Waals surface area contributed by atoms with Crippen molar-refractivity contribution in [1.29, 1.82) is 0 Å². The fraction of sp³-hybridized carbons (Fsp3) is 0.923. The SMILES string of the molecule is CCOC(=O)CCC(O)C[Si](C)(C)C(C)(C)C. The van der Waals surface area contributed by atoms with Crippen molar-refractivity contribution in [3.05, 3.63) is 0 Å². The standard InChI is InChI=1S/C13H28O3Si/c1-7-16-12(15)9-8-11(14)10-17(5,6)13(2,3)4/h11,14H,7-10H2,1-6H3. The highest BCUT2D eigenvalue weighted by Gasteiger charge is 2.36. The van der Waals surface area contributed by atoms with Crippen molar-refractivity contribution in [3.63, 3.8) is 0 Å². The van der Waals surface area contributed by atoms with Crippen LogP contribution in [0.4, 0.5) is 0 Å². The van der Waals surface area contributed by atoms with Gasteiger partial charge in [-0.3, -0.25) is 4.79 Å². The highest BCUT2D eigenvalue weighted by Crippen LogP contribution is 2.39. The van der Waals surface area contributed by atoms with Crippen LogP contribution < -0.4 is 0 Å². The molecule has 1 N–H and O–H groups in total. The summed E-state index contributed by atoms with van der Waals surface area (Å²) in [6.45, 7) is 13.5. The van der Waals surface area contributed by atoms with Crippen LogP contribution in [0.2, 0.25) is 24.2 Å². The van der Waals surface area contributed by atoms with Gasteiger partial charge in [0.05, 0.1) is 20.8 Å². The van der Waals surface area contributed by atoms with Crippen LogP contribution in [0.1, 0.15) is 40.5 Å². The second-order valence-corrected chi connectivity index (χ2v) is 12.0. The summed E-state index contributed by atoms with van der Waals surface area (Å²) in [5.41, 5.74) is 0. The van der Waals surface area contributed by atoms with Crippen LogP contribution in [-0.4, -0.2) is 31.9 Å². The summed E-state index contributed by atoms with van der Waals surface area (Å²) in [6.07, 6.45) is 0.468. The second-order valence-electron chi connectivity index (χ2n) is 6.34. The van der Waals surface area contributed by atoms with Crippen molar-refractivity contribution in [1.82, 2.24) is 0 Å². The largest absolute Gasteiger partial charge is 0.466 e. The first-order valence-electron chi connectivity index (χ1n) is 6.44. The Morgan fingerprint density at radius 2 is 1.88 bits per heavy atom. The van der Waals surface area contributed by atoms with E-state index in [1.54, 1.807) is 6.92 Å². The first kappa shape index (κ1) is 16.6. The monoisotopic (exact) mass is 260 g/mol. The van der Waals surface area contributed by atoms with Gasteiger partial charge in [-0.05, 0) is 24.4 Å². The molecule has 3 nitrogen and oxygen atoms in total. The maximum Gasteiger partial charge on any atom is 0.305 e. The highest BCUT2D eigenvalue weighted by molar-refractivity contribution is 6.80. The normalized spacial score (nSPS) is 14.5. The molecular formula is C13H28O3Si. The second kappa shape index (κ2) is 6.54. The van der Waals surface area contributed by atoms with Crippen molar-refractivity contribution >= 4 is 14.0 Å². The van der Waals surface area contributed by atoms with E-state index in [1.807, 2.05) is 0 Å². The van der Waals surface area contributed by atoms with E-state index < -0.39 is 8.07 Å². The first-order valence-corrected chi connectivity index (χ1v) is 9.64. The molecule has 0 fully saturated rings. The number of esters is 1. The number of rotatable bonds is 6. The molecule has 0 aliphatic heterocycles. The summed E-state index contributed by atoms with van der Waals surface area (Å²) in [5.74, 6) is -0.207. The number of ether oxygens (including phenoxy) is 1. The predicted octanol–water partition coefficient (Wildman–Crippen LogP) is 3.20. The van der Waals surface area contributed by atoms with Crippen molar-refractivity contribution < 1.29 is 14.6 Å². The zero-order valence-electron chi connectivity index (χ0n) is 12.2. The van der Waals surface area contributed by atoms with Crippen LogP contribution in [0.25, 0.3) is 0 Å². The van der Waals surface area contributed by atoms with E-state index in [0.29, 0.717) is 19.4 Å². The average molecular weight is 260 g/mol. The number of carbonyl (C=O) groups is 1. The predicted molar refractivity (Wildman–Crippen MR) is 73.9 cm³/mol. The van der Waals surface area contributed by atoms with Gasteiger partial charge in [0, 0.05) is 6.42 Å². The third-order valence-electron chi connectivity index (χ3n) is 3.76. The average Bonchev–Trinajstić information content (AvgIpc) is 2.12. The van der Waals surface area contributed by atoms with Crippen LogP contribution in [0.3, 0.4) is 0 Å². The number of aliphatic hydroxyl groups is 1. The third kappa shape index (κ3) is 6.22.